The number of aromatic nitrogens is 2. The van der Waals surface area contributed by atoms with Crippen molar-refractivity contribution in [2.75, 3.05) is 0 Å². The van der Waals surface area contributed by atoms with Gasteiger partial charge in [-0.2, -0.15) is 0 Å². The van der Waals surface area contributed by atoms with Crippen LogP contribution in [0.1, 0.15) is 25.0 Å². The minimum Gasteiger partial charge on any atom is -0.228 e. The number of hydrogen-bond acceptors (Lipinski definition) is 2. The SMILES string of the molecule is CC1(C)c2ccccc2-c2cccc(-c3ccc(-c4cc(-c5cc6ccccc6c6ccccc56)nc(-c5ccccc5)n4)c4ccccc34)c21. The van der Waals surface area contributed by atoms with Crippen LogP contribution in [-0.4, -0.2) is 9.97 Å². The van der Waals surface area contributed by atoms with Gasteiger partial charge in [0.05, 0.1) is 11.4 Å². The molecule has 0 saturated heterocycles. The van der Waals surface area contributed by atoms with Crippen molar-refractivity contribution in [1.82, 2.24) is 9.97 Å². The molecule has 0 aliphatic heterocycles. The zero-order valence-electron chi connectivity index (χ0n) is 28.6. The van der Waals surface area contributed by atoms with Gasteiger partial charge in [-0.25, -0.2) is 9.97 Å². The lowest BCUT2D eigenvalue weighted by Crippen LogP contribution is -2.16. The number of rotatable bonds is 4. The van der Waals surface area contributed by atoms with Gasteiger partial charge in [-0.15, -0.1) is 0 Å². The van der Waals surface area contributed by atoms with E-state index < -0.39 is 0 Å². The van der Waals surface area contributed by atoms with Gasteiger partial charge < -0.3 is 0 Å². The van der Waals surface area contributed by atoms with E-state index in [2.05, 4.69) is 178 Å². The molecule has 0 amide bonds. The van der Waals surface area contributed by atoms with Crippen molar-refractivity contribution in [3.63, 3.8) is 0 Å². The molecule has 51 heavy (non-hydrogen) atoms. The third-order valence-corrected chi connectivity index (χ3v) is 10.9. The van der Waals surface area contributed by atoms with E-state index in [0.717, 1.165) is 28.1 Å². The van der Waals surface area contributed by atoms with E-state index in [1.165, 1.54) is 65.7 Å². The summed E-state index contributed by atoms with van der Waals surface area (Å²) in [6.45, 7) is 4.73. The van der Waals surface area contributed by atoms with Crippen LogP contribution in [0.15, 0.2) is 170 Å². The van der Waals surface area contributed by atoms with Crippen LogP contribution in [0.3, 0.4) is 0 Å². The molecular weight excluding hydrogens is 617 g/mol. The molecule has 0 N–H and O–H groups in total. The third-order valence-electron chi connectivity index (χ3n) is 10.9. The summed E-state index contributed by atoms with van der Waals surface area (Å²) in [5.41, 5.74) is 12.9. The molecule has 0 fully saturated rings. The van der Waals surface area contributed by atoms with Crippen molar-refractivity contribution >= 4 is 32.3 Å². The molecule has 1 heterocycles. The first-order valence-electron chi connectivity index (χ1n) is 17.7. The fourth-order valence-corrected chi connectivity index (χ4v) is 8.54. The first-order valence-corrected chi connectivity index (χ1v) is 17.7. The molecule has 9 aromatic rings. The Labute approximate surface area is 297 Å². The Morgan fingerprint density at radius 3 is 1.67 bits per heavy atom. The number of fused-ring (bicyclic) bond motifs is 7. The molecule has 0 saturated carbocycles. The Bertz CT molecular complexity index is 2830. The van der Waals surface area contributed by atoms with Crippen LogP contribution in [0, 0.1) is 0 Å². The summed E-state index contributed by atoms with van der Waals surface area (Å²) in [6, 6.07) is 61.1. The first-order chi connectivity index (χ1) is 25.1. The van der Waals surface area contributed by atoms with Crippen molar-refractivity contribution in [2.24, 2.45) is 0 Å². The highest BCUT2D eigenvalue weighted by atomic mass is 14.9. The normalized spacial score (nSPS) is 13.1. The van der Waals surface area contributed by atoms with Gasteiger partial charge in [0.1, 0.15) is 0 Å². The highest BCUT2D eigenvalue weighted by Crippen LogP contribution is 2.53. The second-order valence-corrected chi connectivity index (χ2v) is 14.1. The van der Waals surface area contributed by atoms with E-state index in [9.17, 15) is 0 Å². The van der Waals surface area contributed by atoms with Gasteiger partial charge in [0, 0.05) is 22.1 Å². The Morgan fingerprint density at radius 2 is 0.902 bits per heavy atom. The van der Waals surface area contributed by atoms with Crippen molar-refractivity contribution in [2.45, 2.75) is 19.3 Å². The fraction of sp³-hybridized carbons (Fsp3) is 0.0612. The van der Waals surface area contributed by atoms with Crippen LogP contribution in [0.5, 0.6) is 0 Å². The lowest BCUT2D eigenvalue weighted by Gasteiger charge is -2.25. The average molecular weight is 651 g/mol. The van der Waals surface area contributed by atoms with E-state index in [4.69, 9.17) is 9.97 Å². The third kappa shape index (κ3) is 4.57. The number of benzene rings is 8. The summed E-state index contributed by atoms with van der Waals surface area (Å²) < 4.78 is 0. The molecule has 0 unspecified atom stereocenters. The van der Waals surface area contributed by atoms with E-state index in [-0.39, 0.29) is 5.41 Å². The molecule has 10 rings (SSSR count). The first kappa shape index (κ1) is 29.5. The van der Waals surface area contributed by atoms with E-state index in [1.807, 2.05) is 6.07 Å². The molecule has 0 spiro atoms. The molecule has 2 heteroatoms. The molecule has 8 aromatic carbocycles. The quantitative estimate of drug-likeness (QED) is 0.177. The molecule has 1 aliphatic rings. The second kappa shape index (κ2) is 11.3. The molecule has 0 radical (unpaired) electrons. The van der Waals surface area contributed by atoms with E-state index >= 15 is 0 Å². The van der Waals surface area contributed by atoms with Gasteiger partial charge in [0.2, 0.25) is 0 Å². The van der Waals surface area contributed by atoms with Crippen molar-refractivity contribution in [1.29, 1.82) is 0 Å². The topological polar surface area (TPSA) is 25.8 Å². The zero-order chi connectivity index (χ0) is 34.1. The van der Waals surface area contributed by atoms with Crippen molar-refractivity contribution in [3.05, 3.63) is 181 Å². The van der Waals surface area contributed by atoms with Gasteiger partial charge in [-0.3, -0.25) is 0 Å². The van der Waals surface area contributed by atoms with Gasteiger partial charge in [-0.1, -0.05) is 172 Å². The van der Waals surface area contributed by atoms with Crippen LogP contribution in [0.4, 0.5) is 0 Å². The zero-order valence-corrected chi connectivity index (χ0v) is 28.6. The predicted octanol–water partition coefficient (Wildman–Crippen LogP) is 12.9. The van der Waals surface area contributed by atoms with Crippen LogP contribution in [-0.2, 0) is 5.41 Å². The van der Waals surface area contributed by atoms with Crippen LogP contribution < -0.4 is 0 Å². The lowest BCUT2D eigenvalue weighted by molar-refractivity contribution is 0.662. The minimum absolute atomic E-state index is 0.114. The van der Waals surface area contributed by atoms with Gasteiger partial charge in [0.25, 0.3) is 0 Å². The van der Waals surface area contributed by atoms with Gasteiger partial charge in [-0.05, 0) is 77.8 Å². The number of hydrogen-bond donors (Lipinski definition) is 0. The van der Waals surface area contributed by atoms with E-state index in [0.29, 0.717) is 5.82 Å². The monoisotopic (exact) mass is 650 g/mol. The maximum Gasteiger partial charge on any atom is 0.160 e. The van der Waals surface area contributed by atoms with Crippen molar-refractivity contribution in [3.8, 4) is 56.2 Å². The summed E-state index contributed by atoms with van der Waals surface area (Å²) in [7, 11) is 0. The largest absolute Gasteiger partial charge is 0.228 e. The summed E-state index contributed by atoms with van der Waals surface area (Å²) in [4.78, 5) is 10.6. The minimum atomic E-state index is -0.114. The highest BCUT2D eigenvalue weighted by Gasteiger charge is 2.37. The molecule has 0 atom stereocenters. The van der Waals surface area contributed by atoms with Crippen LogP contribution in [0.2, 0.25) is 0 Å². The lowest BCUT2D eigenvalue weighted by atomic mass is 9.78. The average Bonchev–Trinajstić information content (AvgIpc) is 3.43. The summed E-state index contributed by atoms with van der Waals surface area (Å²) in [5, 5.41) is 7.24. The molecular formula is C49H34N2. The highest BCUT2D eigenvalue weighted by molar-refractivity contribution is 6.14. The van der Waals surface area contributed by atoms with Crippen LogP contribution >= 0.6 is 0 Å². The summed E-state index contributed by atoms with van der Waals surface area (Å²) >= 11 is 0. The summed E-state index contributed by atoms with van der Waals surface area (Å²) in [6.07, 6.45) is 0. The molecule has 1 aromatic heterocycles. The molecule has 0 bridgehead atoms. The maximum absolute atomic E-state index is 5.29. The van der Waals surface area contributed by atoms with E-state index in [1.54, 1.807) is 0 Å². The fourth-order valence-electron chi connectivity index (χ4n) is 8.54. The Hall–Kier alpha value is -6.38. The van der Waals surface area contributed by atoms with Crippen molar-refractivity contribution < 1.29 is 0 Å². The molecule has 1 aliphatic carbocycles. The van der Waals surface area contributed by atoms with Gasteiger partial charge >= 0.3 is 0 Å². The Morgan fingerprint density at radius 1 is 0.373 bits per heavy atom. The second-order valence-electron chi connectivity index (χ2n) is 14.1. The van der Waals surface area contributed by atoms with Crippen LogP contribution in [0.25, 0.3) is 88.5 Å². The Balaban J connectivity index is 1.22. The Kier molecular flexibility index (Phi) is 6.56. The predicted molar refractivity (Wildman–Crippen MR) is 214 cm³/mol. The standard InChI is InChI=1S/C49H34N2/c1-49(2)44-26-13-12-23-39(44)42-25-14-24-41(47(42)49)38-27-28-40(36-21-10-9-20-35(36)38)45-30-46(51-48(50-45)31-15-4-3-5-16-31)43-29-32-17-6-7-18-33(32)34-19-8-11-22-37(34)43/h3-30H,1-2H3. The molecule has 240 valence electrons. The number of nitrogens with zero attached hydrogens (tertiary/aromatic N) is 2. The molecule has 2 nitrogen and oxygen atoms in total. The summed E-state index contributed by atoms with van der Waals surface area (Å²) in [5.74, 6) is 0.717. The maximum atomic E-state index is 5.29. The van der Waals surface area contributed by atoms with Gasteiger partial charge in [0.15, 0.2) is 5.82 Å². The smallest absolute Gasteiger partial charge is 0.160 e.